The first kappa shape index (κ1) is 27.6. The molecule has 0 bridgehead atoms. The molecule has 0 amide bonds. The van der Waals surface area contributed by atoms with Gasteiger partial charge in [-0.05, 0) is 35.4 Å². The summed E-state index contributed by atoms with van der Waals surface area (Å²) in [5, 5.41) is 10.2. The van der Waals surface area contributed by atoms with Crippen molar-refractivity contribution in [2.45, 2.75) is 25.4 Å². The molecule has 198 valence electrons. The van der Waals surface area contributed by atoms with Gasteiger partial charge in [-0.2, -0.15) is 0 Å². The Labute approximate surface area is 223 Å². The molecule has 0 aliphatic carbocycles. The van der Waals surface area contributed by atoms with Gasteiger partial charge in [-0.1, -0.05) is 97.1 Å². The first-order valence-electron chi connectivity index (χ1n) is 12.3. The minimum absolute atomic E-state index is 0.218. The summed E-state index contributed by atoms with van der Waals surface area (Å²) in [6.07, 6.45) is -1.54. The maximum absolute atomic E-state index is 13.8. The van der Waals surface area contributed by atoms with Gasteiger partial charge in [0.25, 0.3) is 0 Å². The van der Waals surface area contributed by atoms with Crippen molar-refractivity contribution in [1.82, 2.24) is 0 Å². The zero-order valence-electron chi connectivity index (χ0n) is 20.9. The molecular weight excluding hydrogens is 503 g/mol. The van der Waals surface area contributed by atoms with Crippen molar-refractivity contribution in [2.75, 3.05) is 13.2 Å². The fourth-order valence-corrected chi connectivity index (χ4v) is 4.78. The van der Waals surface area contributed by atoms with E-state index in [0.29, 0.717) is 11.5 Å². The van der Waals surface area contributed by atoms with Crippen LogP contribution in [0.2, 0.25) is 0 Å². The number of rotatable bonds is 15. The van der Waals surface area contributed by atoms with E-state index in [0.717, 1.165) is 11.1 Å². The lowest BCUT2D eigenvalue weighted by Gasteiger charge is -2.27. The van der Waals surface area contributed by atoms with Gasteiger partial charge in [-0.15, -0.1) is 0 Å². The van der Waals surface area contributed by atoms with Gasteiger partial charge >= 0.3 is 7.82 Å². The van der Waals surface area contributed by atoms with Crippen LogP contribution in [0.25, 0.3) is 0 Å². The lowest BCUT2D eigenvalue weighted by atomic mass is 10.2. The van der Waals surface area contributed by atoms with Crippen molar-refractivity contribution in [3.63, 3.8) is 0 Å². The van der Waals surface area contributed by atoms with E-state index in [4.69, 9.17) is 23.0 Å². The van der Waals surface area contributed by atoms with Crippen molar-refractivity contribution in [1.29, 1.82) is 0 Å². The van der Waals surface area contributed by atoms with Gasteiger partial charge in [-0.3, -0.25) is 4.52 Å². The van der Waals surface area contributed by atoms with Crippen molar-refractivity contribution in [2.24, 2.45) is 0 Å². The summed E-state index contributed by atoms with van der Waals surface area (Å²) in [6.45, 7) is -0.0533. The van der Waals surface area contributed by atoms with E-state index in [9.17, 15) is 9.67 Å². The average molecular weight is 535 g/mol. The molecule has 8 heteroatoms. The summed E-state index contributed by atoms with van der Waals surface area (Å²) in [4.78, 5) is 0. The molecule has 1 N–H and O–H groups in total. The standard InChI is InChI=1S/C30H31O7P/c31-21-29(33-22-25-13-5-1-6-14-25)30(34-23-26-15-7-2-8-16-26)24-35-38(32,36-27-17-9-3-10-18-27)37-28-19-11-4-12-20-28/h1-20,29-31H,21-24H2/t29-,30-/m1/s1. The van der Waals surface area contributed by atoms with Gasteiger partial charge < -0.3 is 23.6 Å². The lowest BCUT2D eigenvalue weighted by Crippen LogP contribution is -2.38. The highest BCUT2D eigenvalue weighted by Crippen LogP contribution is 2.49. The van der Waals surface area contributed by atoms with Crippen LogP contribution in [0.5, 0.6) is 11.5 Å². The Kier molecular flexibility index (Phi) is 10.5. The monoisotopic (exact) mass is 534 g/mol. The van der Waals surface area contributed by atoms with Crippen LogP contribution in [0.1, 0.15) is 11.1 Å². The van der Waals surface area contributed by atoms with E-state index in [1.807, 2.05) is 72.8 Å². The van der Waals surface area contributed by atoms with Crippen LogP contribution in [0.4, 0.5) is 0 Å². The summed E-state index contributed by atoms with van der Waals surface area (Å²) in [5.74, 6) is 0.653. The van der Waals surface area contributed by atoms with Crippen LogP contribution >= 0.6 is 7.82 Å². The number of hydrogen-bond acceptors (Lipinski definition) is 7. The molecule has 0 spiro atoms. The lowest BCUT2D eigenvalue weighted by molar-refractivity contribution is -0.117. The predicted molar refractivity (Wildman–Crippen MR) is 145 cm³/mol. The molecule has 0 saturated heterocycles. The molecule has 0 aliphatic rings. The molecule has 4 aromatic carbocycles. The Hall–Kier alpha value is -3.45. The summed E-state index contributed by atoms with van der Waals surface area (Å²) < 4.78 is 43.2. The molecule has 0 fully saturated rings. The first-order chi connectivity index (χ1) is 18.6. The maximum atomic E-state index is 13.8. The molecule has 0 unspecified atom stereocenters. The third kappa shape index (κ3) is 8.84. The predicted octanol–water partition coefficient (Wildman–Crippen LogP) is 6.43. The molecular formula is C30H31O7P. The fraction of sp³-hybridized carbons (Fsp3) is 0.200. The Morgan fingerprint density at radius 1 is 0.579 bits per heavy atom. The Morgan fingerprint density at radius 3 is 1.39 bits per heavy atom. The second kappa shape index (κ2) is 14.5. The van der Waals surface area contributed by atoms with Gasteiger partial charge in [-0.25, -0.2) is 4.57 Å². The molecule has 7 nitrogen and oxygen atoms in total. The maximum Gasteiger partial charge on any atom is 0.587 e. The molecule has 2 atom stereocenters. The summed E-state index contributed by atoms with van der Waals surface area (Å²) in [7, 11) is -4.16. The minimum Gasteiger partial charge on any atom is -0.395 e. The van der Waals surface area contributed by atoms with E-state index in [-0.39, 0.29) is 26.4 Å². The summed E-state index contributed by atoms with van der Waals surface area (Å²) in [6, 6.07) is 36.5. The van der Waals surface area contributed by atoms with Crippen molar-refractivity contribution >= 4 is 7.82 Å². The smallest absolute Gasteiger partial charge is 0.395 e. The van der Waals surface area contributed by atoms with Gasteiger partial charge in [0.15, 0.2) is 0 Å². The van der Waals surface area contributed by atoms with Gasteiger partial charge in [0.1, 0.15) is 23.7 Å². The second-order valence-electron chi connectivity index (χ2n) is 8.40. The molecule has 0 radical (unpaired) electrons. The van der Waals surface area contributed by atoms with Crippen molar-refractivity contribution < 1.29 is 32.7 Å². The zero-order valence-corrected chi connectivity index (χ0v) is 21.8. The Bertz CT molecular complexity index is 1200. The Balaban J connectivity index is 1.51. The summed E-state index contributed by atoms with van der Waals surface area (Å²) >= 11 is 0. The van der Waals surface area contributed by atoms with E-state index in [1.165, 1.54) is 0 Å². The number of para-hydroxylation sites is 2. The van der Waals surface area contributed by atoms with E-state index >= 15 is 0 Å². The normalized spacial score (nSPS) is 13.0. The molecule has 4 aromatic rings. The Morgan fingerprint density at radius 2 is 0.974 bits per heavy atom. The van der Waals surface area contributed by atoms with Gasteiger partial charge in [0, 0.05) is 0 Å². The van der Waals surface area contributed by atoms with Crippen LogP contribution in [-0.2, 0) is 31.8 Å². The number of benzene rings is 4. The largest absolute Gasteiger partial charge is 0.587 e. The number of phosphoric acid groups is 1. The zero-order chi connectivity index (χ0) is 26.5. The van der Waals surface area contributed by atoms with Crippen LogP contribution in [0.15, 0.2) is 121 Å². The highest BCUT2D eigenvalue weighted by atomic mass is 31.2. The highest BCUT2D eigenvalue weighted by molar-refractivity contribution is 7.49. The van der Waals surface area contributed by atoms with Crippen LogP contribution in [0, 0.1) is 0 Å². The van der Waals surface area contributed by atoms with Crippen molar-refractivity contribution in [3.05, 3.63) is 132 Å². The van der Waals surface area contributed by atoms with E-state index < -0.39 is 20.0 Å². The van der Waals surface area contributed by atoms with Crippen molar-refractivity contribution in [3.8, 4) is 11.5 Å². The molecule has 0 saturated carbocycles. The molecule has 38 heavy (non-hydrogen) atoms. The number of aliphatic hydroxyl groups is 1. The molecule has 0 aromatic heterocycles. The molecule has 4 rings (SSSR count). The average Bonchev–Trinajstić information content (AvgIpc) is 2.96. The van der Waals surface area contributed by atoms with Gasteiger partial charge in [0.05, 0.1) is 26.4 Å². The van der Waals surface area contributed by atoms with E-state index in [1.54, 1.807) is 48.5 Å². The van der Waals surface area contributed by atoms with Crippen LogP contribution in [-0.4, -0.2) is 30.5 Å². The SMILES string of the molecule is O=P(OC[C@@H](OCc1ccccc1)[C@@H](CO)OCc1ccccc1)(Oc1ccccc1)Oc1ccccc1. The molecule has 0 heterocycles. The molecule has 0 aliphatic heterocycles. The summed E-state index contributed by atoms with van der Waals surface area (Å²) in [5.41, 5.74) is 1.88. The number of phosphoric ester groups is 1. The van der Waals surface area contributed by atoms with E-state index in [2.05, 4.69) is 0 Å². The second-order valence-corrected chi connectivity index (χ2v) is 9.92. The first-order valence-corrected chi connectivity index (χ1v) is 13.8. The third-order valence-electron chi connectivity index (χ3n) is 5.53. The fourth-order valence-electron chi connectivity index (χ4n) is 3.55. The topological polar surface area (TPSA) is 83.5 Å². The number of hydrogen-bond donors (Lipinski definition) is 1. The number of aliphatic hydroxyl groups excluding tert-OH is 1. The third-order valence-corrected chi connectivity index (χ3v) is 6.86. The quantitative estimate of drug-likeness (QED) is 0.176. The number of ether oxygens (including phenoxy) is 2. The minimum atomic E-state index is -4.16. The van der Waals surface area contributed by atoms with Crippen LogP contribution in [0.3, 0.4) is 0 Å². The highest BCUT2D eigenvalue weighted by Gasteiger charge is 2.34. The van der Waals surface area contributed by atoms with Gasteiger partial charge in [0.2, 0.25) is 0 Å². The van der Waals surface area contributed by atoms with Crippen LogP contribution < -0.4 is 9.05 Å².